The second-order valence-electron chi connectivity index (χ2n) is 5.56. The summed E-state index contributed by atoms with van der Waals surface area (Å²) in [6.45, 7) is 0.915. The molecule has 1 saturated carbocycles. The van der Waals surface area contributed by atoms with Gasteiger partial charge in [0.1, 0.15) is 0 Å². The lowest BCUT2D eigenvalue weighted by molar-refractivity contribution is 0.241. The van der Waals surface area contributed by atoms with Gasteiger partial charge < -0.3 is 10.2 Å². The van der Waals surface area contributed by atoms with Crippen molar-refractivity contribution >= 4 is 11.8 Å². The van der Waals surface area contributed by atoms with Gasteiger partial charge in [0.25, 0.3) is 0 Å². The number of nitrogens with zero attached hydrogens (tertiary/aromatic N) is 3. The normalized spacial score (nSPS) is 26.9. The molecular formula is C14H21FN4. The van der Waals surface area contributed by atoms with Gasteiger partial charge in [-0.15, -0.1) is 0 Å². The summed E-state index contributed by atoms with van der Waals surface area (Å²) in [6, 6.07) is 0.469. The molecule has 2 aliphatic rings. The third-order valence-electron chi connectivity index (χ3n) is 4.46. The van der Waals surface area contributed by atoms with Crippen LogP contribution in [0.2, 0.25) is 0 Å². The van der Waals surface area contributed by atoms with Crippen LogP contribution in [0.3, 0.4) is 0 Å². The average molecular weight is 264 g/mol. The largest absolute Gasteiger partial charge is 0.357 e. The fraction of sp³-hybridized carbons (Fsp3) is 0.714. The molecule has 2 fully saturated rings. The van der Waals surface area contributed by atoms with Crippen LogP contribution in [0.5, 0.6) is 0 Å². The quantitative estimate of drug-likeness (QED) is 0.891. The molecule has 4 nitrogen and oxygen atoms in total. The van der Waals surface area contributed by atoms with Crippen molar-refractivity contribution in [2.75, 3.05) is 23.8 Å². The van der Waals surface area contributed by atoms with Crippen molar-refractivity contribution in [1.29, 1.82) is 0 Å². The molecule has 19 heavy (non-hydrogen) atoms. The zero-order valence-electron chi connectivity index (χ0n) is 11.4. The first kappa shape index (κ1) is 12.6. The molecule has 0 aromatic carbocycles. The van der Waals surface area contributed by atoms with E-state index in [1.54, 1.807) is 7.05 Å². The van der Waals surface area contributed by atoms with E-state index in [1.807, 2.05) is 0 Å². The smallest absolute Gasteiger partial charge is 0.224 e. The third-order valence-corrected chi connectivity index (χ3v) is 4.46. The van der Waals surface area contributed by atoms with Gasteiger partial charge in [0.2, 0.25) is 5.95 Å². The van der Waals surface area contributed by atoms with E-state index in [0.29, 0.717) is 17.8 Å². The second kappa shape index (κ2) is 5.31. The first-order valence-electron chi connectivity index (χ1n) is 7.26. The number of nitrogens with one attached hydrogen (secondary N) is 1. The number of rotatable bonds is 2. The standard InChI is InChI=1S/C14H21FN4/c1-16-14-17-9-11(15)13(18-14)19-8-4-6-10-5-2-3-7-12(10)19/h9-10,12H,2-8H2,1H3,(H,16,17,18). The molecule has 5 heteroatoms. The first-order valence-corrected chi connectivity index (χ1v) is 7.26. The van der Waals surface area contributed by atoms with E-state index in [2.05, 4.69) is 20.2 Å². The Bertz CT molecular complexity index is 449. The summed E-state index contributed by atoms with van der Waals surface area (Å²) in [4.78, 5) is 10.5. The minimum atomic E-state index is -0.301. The topological polar surface area (TPSA) is 41.1 Å². The summed E-state index contributed by atoms with van der Waals surface area (Å²) in [6.07, 6.45) is 8.73. The van der Waals surface area contributed by atoms with E-state index in [-0.39, 0.29) is 5.82 Å². The molecule has 1 aromatic heterocycles. The van der Waals surface area contributed by atoms with Crippen LogP contribution in [-0.2, 0) is 0 Å². The van der Waals surface area contributed by atoms with Crippen LogP contribution in [-0.4, -0.2) is 29.6 Å². The second-order valence-corrected chi connectivity index (χ2v) is 5.56. The van der Waals surface area contributed by atoms with Crippen LogP contribution in [0.15, 0.2) is 6.20 Å². The monoisotopic (exact) mass is 264 g/mol. The highest BCUT2D eigenvalue weighted by Crippen LogP contribution is 2.37. The van der Waals surface area contributed by atoms with Crippen molar-refractivity contribution in [3.8, 4) is 0 Å². The van der Waals surface area contributed by atoms with Crippen LogP contribution >= 0.6 is 0 Å². The summed E-state index contributed by atoms with van der Waals surface area (Å²) in [5.74, 6) is 1.39. The lowest BCUT2D eigenvalue weighted by atomic mass is 9.78. The minimum Gasteiger partial charge on any atom is -0.357 e. The van der Waals surface area contributed by atoms with Gasteiger partial charge in [0, 0.05) is 19.6 Å². The van der Waals surface area contributed by atoms with Crippen molar-refractivity contribution in [2.45, 2.75) is 44.6 Å². The molecule has 1 N–H and O–H groups in total. The lowest BCUT2D eigenvalue weighted by Gasteiger charge is -2.44. The van der Waals surface area contributed by atoms with Crippen molar-refractivity contribution in [3.05, 3.63) is 12.0 Å². The summed E-state index contributed by atoms with van der Waals surface area (Å²) < 4.78 is 14.1. The molecule has 1 aliphatic carbocycles. The van der Waals surface area contributed by atoms with E-state index >= 15 is 0 Å². The van der Waals surface area contributed by atoms with Gasteiger partial charge in [-0.1, -0.05) is 12.8 Å². The molecule has 0 spiro atoms. The number of piperidine rings is 1. The van der Waals surface area contributed by atoms with Crippen molar-refractivity contribution in [3.63, 3.8) is 0 Å². The van der Waals surface area contributed by atoms with Crippen molar-refractivity contribution in [2.24, 2.45) is 5.92 Å². The van der Waals surface area contributed by atoms with Crippen LogP contribution < -0.4 is 10.2 Å². The maximum Gasteiger partial charge on any atom is 0.224 e. The van der Waals surface area contributed by atoms with Gasteiger partial charge >= 0.3 is 0 Å². The van der Waals surface area contributed by atoms with E-state index in [0.717, 1.165) is 18.9 Å². The molecule has 1 aromatic rings. The molecular weight excluding hydrogens is 243 g/mol. The third kappa shape index (κ3) is 2.38. The lowest BCUT2D eigenvalue weighted by Crippen LogP contribution is -2.47. The van der Waals surface area contributed by atoms with Gasteiger partial charge in [-0.25, -0.2) is 9.37 Å². The van der Waals surface area contributed by atoms with Gasteiger partial charge in [0.05, 0.1) is 6.20 Å². The highest BCUT2D eigenvalue weighted by molar-refractivity contribution is 5.45. The Morgan fingerprint density at radius 3 is 2.89 bits per heavy atom. The first-order chi connectivity index (χ1) is 9.29. The van der Waals surface area contributed by atoms with Gasteiger partial charge in [-0.05, 0) is 31.6 Å². The predicted octanol–water partition coefficient (Wildman–Crippen LogP) is 2.82. The summed E-state index contributed by atoms with van der Waals surface area (Å²) >= 11 is 0. The van der Waals surface area contributed by atoms with Crippen molar-refractivity contribution in [1.82, 2.24) is 9.97 Å². The van der Waals surface area contributed by atoms with E-state index in [1.165, 1.54) is 38.3 Å². The molecule has 1 saturated heterocycles. The molecule has 0 amide bonds. The molecule has 0 radical (unpaired) electrons. The maximum absolute atomic E-state index is 14.1. The minimum absolute atomic E-state index is 0.301. The number of hydrogen-bond acceptors (Lipinski definition) is 4. The maximum atomic E-state index is 14.1. The van der Waals surface area contributed by atoms with Gasteiger partial charge in [-0.3, -0.25) is 0 Å². The molecule has 1 aliphatic heterocycles. The fourth-order valence-corrected chi connectivity index (χ4v) is 3.57. The molecule has 104 valence electrons. The number of hydrogen-bond donors (Lipinski definition) is 1. The Hall–Kier alpha value is -1.39. The van der Waals surface area contributed by atoms with Crippen LogP contribution in [0, 0.1) is 11.7 Å². The number of aromatic nitrogens is 2. The Morgan fingerprint density at radius 1 is 1.26 bits per heavy atom. The average Bonchev–Trinajstić information content (AvgIpc) is 2.47. The summed E-state index contributed by atoms with van der Waals surface area (Å²) in [5.41, 5.74) is 0. The Kier molecular flexibility index (Phi) is 3.53. The number of anilines is 2. The van der Waals surface area contributed by atoms with E-state index < -0.39 is 0 Å². The molecule has 2 unspecified atom stereocenters. The predicted molar refractivity (Wildman–Crippen MR) is 73.9 cm³/mol. The molecule has 2 heterocycles. The Morgan fingerprint density at radius 2 is 2.05 bits per heavy atom. The molecule has 3 rings (SSSR count). The van der Waals surface area contributed by atoms with Gasteiger partial charge in [-0.2, -0.15) is 4.98 Å². The number of halogens is 1. The summed E-state index contributed by atoms with van der Waals surface area (Å²) in [5, 5.41) is 2.89. The van der Waals surface area contributed by atoms with Crippen LogP contribution in [0.4, 0.5) is 16.2 Å². The van der Waals surface area contributed by atoms with Crippen LogP contribution in [0.25, 0.3) is 0 Å². The summed E-state index contributed by atoms with van der Waals surface area (Å²) in [7, 11) is 1.76. The van der Waals surface area contributed by atoms with E-state index in [9.17, 15) is 4.39 Å². The molecule has 0 bridgehead atoms. The highest BCUT2D eigenvalue weighted by atomic mass is 19.1. The van der Waals surface area contributed by atoms with E-state index in [4.69, 9.17) is 0 Å². The highest BCUT2D eigenvalue weighted by Gasteiger charge is 2.35. The zero-order valence-corrected chi connectivity index (χ0v) is 11.4. The fourth-order valence-electron chi connectivity index (χ4n) is 3.57. The van der Waals surface area contributed by atoms with Gasteiger partial charge in [0.15, 0.2) is 11.6 Å². The Labute approximate surface area is 113 Å². The van der Waals surface area contributed by atoms with Crippen LogP contribution in [0.1, 0.15) is 38.5 Å². The molecule has 2 atom stereocenters. The Balaban J connectivity index is 1.91. The number of fused-ring (bicyclic) bond motifs is 1. The zero-order chi connectivity index (χ0) is 13.2. The van der Waals surface area contributed by atoms with Crippen molar-refractivity contribution < 1.29 is 4.39 Å². The SMILES string of the molecule is CNc1ncc(F)c(N2CCCC3CCCCC32)n1.